The number of esters is 1. The summed E-state index contributed by atoms with van der Waals surface area (Å²) in [5.41, 5.74) is 1.26. The molecule has 0 spiro atoms. The van der Waals surface area contributed by atoms with Gasteiger partial charge in [0.2, 0.25) is 0 Å². The number of hydrogen-bond donors (Lipinski definition) is 1. The summed E-state index contributed by atoms with van der Waals surface area (Å²) in [7, 11) is 0. The molecule has 0 saturated heterocycles. The van der Waals surface area contributed by atoms with Gasteiger partial charge in [-0.25, -0.2) is 4.39 Å². The van der Waals surface area contributed by atoms with Crippen molar-refractivity contribution in [2.75, 3.05) is 0 Å². The fraction of sp³-hybridized carbons (Fsp3) is 0.333. The van der Waals surface area contributed by atoms with Crippen LogP contribution in [0.4, 0.5) is 4.39 Å². The highest BCUT2D eigenvalue weighted by molar-refractivity contribution is 6.31. The minimum atomic E-state index is -0.970. The first-order valence-electron chi connectivity index (χ1n) is 8.83. The van der Waals surface area contributed by atoms with Crippen molar-refractivity contribution >= 4 is 23.5 Å². The first-order chi connectivity index (χ1) is 12.9. The normalized spacial score (nSPS) is 12.9. The van der Waals surface area contributed by atoms with Gasteiger partial charge in [-0.3, -0.25) is 9.59 Å². The fourth-order valence-electron chi connectivity index (χ4n) is 2.60. The third-order valence-electron chi connectivity index (χ3n) is 4.16. The number of nitrogens with one attached hydrogen (secondary N) is 1. The maximum Gasteiger partial charge on any atom is 0.311 e. The minimum absolute atomic E-state index is 0.0630. The second kappa shape index (κ2) is 10.1. The van der Waals surface area contributed by atoms with Gasteiger partial charge in [-0.15, -0.1) is 0 Å². The second-order valence-electron chi connectivity index (χ2n) is 6.44. The Morgan fingerprint density at radius 2 is 1.81 bits per heavy atom. The number of aryl methyl sites for hydroxylation is 1. The van der Waals surface area contributed by atoms with E-state index in [1.54, 1.807) is 0 Å². The zero-order valence-corrected chi connectivity index (χ0v) is 16.1. The van der Waals surface area contributed by atoms with E-state index in [2.05, 4.69) is 5.32 Å². The van der Waals surface area contributed by atoms with Crippen LogP contribution in [-0.2, 0) is 27.2 Å². The highest BCUT2D eigenvalue weighted by Gasteiger charge is 2.21. The lowest BCUT2D eigenvalue weighted by atomic mass is 10.1. The van der Waals surface area contributed by atoms with Crippen LogP contribution in [-0.4, -0.2) is 24.0 Å². The van der Waals surface area contributed by atoms with E-state index in [1.165, 1.54) is 30.7 Å². The molecular formula is C21H23ClFNO3. The minimum Gasteiger partial charge on any atom is -0.452 e. The number of amides is 1. The highest BCUT2D eigenvalue weighted by atomic mass is 35.5. The van der Waals surface area contributed by atoms with Gasteiger partial charge in [0.05, 0.1) is 6.42 Å². The van der Waals surface area contributed by atoms with E-state index in [9.17, 15) is 14.0 Å². The zero-order chi connectivity index (χ0) is 19.8. The fourth-order valence-corrected chi connectivity index (χ4v) is 2.83. The quantitative estimate of drug-likeness (QED) is 0.689. The number of carbonyl (C=O) groups excluding carboxylic acids is 2. The van der Waals surface area contributed by atoms with Crippen molar-refractivity contribution in [1.29, 1.82) is 0 Å². The molecule has 27 heavy (non-hydrogen) atoms. The van der Waals surface area contributed by atoms with E-state index >= 15 is 0 Å². The number of ether oxygens (including phenoxy) is 1. The summed E-state index contributed by atoms with van der Waals surface area (Å²) in [5, 5.41) is 2.98. The van der Waals surface area contributed by atoms with Crippen LogP contribution < -0.4 is 5.32 Å². The monoisotopic (exact) mass is 391 g/mol. The molecule has 6 heteroatoms. The van der Waals surface area contributed by atoms with Gasteiger partial charge in [0, 0.05) is 16.6 Å². The van der Waals surface area contributed by atoms with Crippen molar-refractivity contribution in [3.05, 3.63) is 70.5 Å². The molecule has 2 aromatic rings. The van der Waals surface area contributed by atoms with Gasteiger partial charge < -0.3 is 10.1 Å². The maximum absolute atomic E-state index is 13.7. The summed E-state index contributed by atoms with van der Waals surface area (Å²) >= 11 is 5.90. The van der Waals surface area contributed by atoms with Gasteiger partial charge in [0.25, 0.3) is 5.91 Å². The molecule has 1 amide bonds. The molecule has 2 rings (SSSR count). The van der Waals surface area contributed by atoms with Crippen molar-refractivity contribution in [1.82, 2.24) is 5.32 Å². The van der Waals surface area contributed by atoms with Gasteiger partial charge in [0.15, 0.2) is 6.10 Å². The van der Waals surface area contributed by atoms with E-state index in [0.29, 0.717) is 0 Å². The van der Waals surface area contributed by atoms with E-state index in [0.717, 1.165) is 12.8 Å². The zero-order valence-electron chi connectivity index (χ0n) is 15.4. The van der Waals surface area contributed by atoms with Crippen molar-refractivity contribution in [2.24, 2.45) is 0 Å². The lowest BCUT2D eigenvalue weighted by molar-refractivity contribution is -0.154. The van der Waals surface area contributed by atoms with Crippen molar-refractivity contribution in [3.8, 4) is 0 Å². The SMILES string of the molecule is C[C@H](CCc1ccccc1)NC(=O)[C@H](C)OC(=O)Cc1c(F)cccc1Cl. The van der Waals surface area contributed by atoms with Crippen LogP contribution in [0.5, 0.6) is 0 Å². The summed E-state index contributed by atoms with van der Waals surface area (Å²) in [5.74, 6) is -1.67. The Bertz CT molecular complexity index is 762. The van der Waals surface area contributed by atoms with E-state index < -0.39 is 17.9 Å². The Labute approximate surface area is 163 Å². The summed E-state index contributed by atoms with van der Waals surface area (Å²) in [6.07, 6.45) is 0.304. The Morgan fingerprint density at radius 1 is 1.11 bits per heavy atom. The predicted molar refractivity (Wildman–Crippen MR) is 103 cm³/mol. The summed E-state index contributed by atoms with van der Waals surface area (Å²) in [6.45, 7) is 3.38. The molecule has 0 radical (unpaired) electrons. The molecule has 0 bridgehead atoms. The van der Waals surface area contributed by atoms with E-state index in [4.69, 9.17) is 16.3 Å². The predicted octanol–water partition coefficient (Wildman–Crippen LogP) is 4.09. The lowest BCUT2D eigenvalue weighted by Gasteiger charge is -2.18. The van der Waals surface area contributed by atoms with Crippen molar-refractivity contribution in [2.45, 2.75) is 45.3 Å². The maximum atomic E-state index is 13.7. The topological polar surface area (TPSA) is 55.4 Å². The average Bonchev–Trinajstić information content (AvgIpc) is 2.64. The Balaban J connectivity index is 1.79. The van der Waals surface area contributed by atoms with Crippen LogP contribution in [0.15, 0.2) is 48.5 Å². The molecule has 0 aliphatic carbocycles. The molecular weight excluding hydrogens is 369 g/mol. The molecule has 2 atom stereocenters. The molecule has 0 saturated carbocycles. The third kappa shape index (κ3) is 6.68. The summed E-state index contributed by atoms with van der Waals surface area (Å²) < 4.78 is 18.8. The van der Waals surface area contributed by atoms with Gasteiger partial charge in [-0.2, -0.15) is 0 Å². The lowest BCUT2D eigenvalue weighted by Crippen LogP contribution is -2.41. The molecule has 1 N–H and O–H groups in total. The van der Waals surface area contributed by atoms with Gasteiger partial charge >= 0.3 is 5.97 Å². The molecule has 0 fully saturated rings. The molecule has 2 aromatic carbocycles. The van der Waals surface area contributed by atoms with Crippen LogP contribution in [0.25, 0.3) is 0 Å². The van der Waals surface area contributed by atoms with Gasteiger partial charge in [-0.1, -0.05) is 48.0 Å². The van der Waals surface area contributed by atoms with Crippen LogP contribution in [0.3, 0.4) is 0 Å². The second-order valence-corrected chi connectivity index (χ2v) is 6.85. The van der Waals surface area contributed by atoms with Crippen molar-refractivity contribution < 1.29 is 18.7 Å². The standard InChI is InChI=1S/C21H23ClFNO3/c1-14(11-12-16-7-4-3-5-8-16)24-21(26)15(2)27-20(25)13-17-18(22)9-6-10-19(17)23/h3-10,14-15H,11-13H2,1-2H3,(H,24,26)/t14-,15+/m1/s1. The van der Waals surface area contributed by atoms with E-state index in [-0.39, 0.29) is 29.0 Å². The molecule has 144 valence electrons. The number of hydrogen-bond acceptors (Lipinski definition) is 3. The summed E-state index contributed by atoms with van der Waals surface area (Å²) in [4.78, 5) is 24.2. The Morgan fingerprint density at radius 3 is 2.48 bits per heavy atom. The van der Waals surface area contributed by atoms with Crippen LogP contribution in [0.2, 0.25) is 5.02 Å². The van der Waals surface area contributed by atoms with Gasteiger partial charge in [-0.05, 0) is 44.4 Å². The average molecular weight is 392 g/mol. The number of carbonyl (C=O) groups is 2. The Kier molecular flexibility index (Phi) is 7.80. The largest absolute Gasteiger partial charge is 0.452 e. The number of benzene rings is 2. The molecule has 0 heterocycles. The molecule has 0 aromatic heterocycles. The van der Waals surface area contributed by atoms with Crippen LogP contribution >= 0.6 is 11.6 Å². The molecule has 4 nitrogen and oxygen atoms in total. The third-order valence-corrected chi connectivity index (χ3v) is 4.51. The first-order valence-corrected chi connectivity index (χ1v) is 9.21. The Hall–Kier alpha value is -2.40. The molecule has 0 unspecified atom stereocenters. The highest BCUT2D eigenvalue weighted by Crippen LogP contribution is 2.20. The van der Waals surface area contributed by atoms with E-state index in [1.807, 2.05) is 37.3 Å². The smallest absolute Gasteiger partial charge is 0.311 e. The van der Waals surface area contributed by atoms with Crippen molar-refractivity contribution in [3.63, 3.8) is 0 Å². The molecule has 0 aliphatic rings. The molecule has 0 aliphatic heterocycles. The summed E-state index contributed by atoms with van der Waals surface area (Å²) in [6, 6.07) is 14.1. The van der Waals surface area contributed by atoms with Crippen LogP contribution in [0.1, 0.15) is 31.4 Å². The van der Waals surface area contributed by atoms with Crippen LogP contribution in [0, 0.1) is 5.82 Å². The number of halogens is 2. The number of rotatable bonds is 8. The van der Waals surface area contributed by atoms with Gasteiger partial charge in [0.1, 0.15) is 5.82 Å². The first kappa shape index (κ1) is 20.9.